The van der Waals surface area contributed by atoms with Crippen LogP contribution >= 0.6 is 0 Å². The van der Waals surface area contributed by atoms with Gasteiger partial charge in [0.15, 0.2) is 6.61 Å². The molecule has 2 aromatic rings. The first-order valence-electron chi connectivity index (χ1n) is 7.92. The van der Waals surface area contributed by atoms with Gasteiger partial charge in [0, 0.05) is 12.7 Å². The molecule has 126 valence electrons. The number of benzene rings is 2. The maximum atomic E-state index is 11.9. The minimum Gasteiger partial charge on any atom is -0.484 e. The molecule has 2 aromatic carbocycles. The van der Waals surface area contributed by atoms with Crippen LogP contribution < -0.4 is 15.4 Å². The zero-order valence-corrected chi connectivity index (χ0v) is 14.0. The van der Waals surface area contributed by atoms with Gasteiger partial charge in [-0.3, -0.25) is 9.59 Å². The van der Waals surface area contributed by atoms with E-state index in [-0.39, 0.29) is 18.4 Å². The fourth-order valence-electron chi connectivity index (χ4n) is 2.18. The van der Waals surface area contributed by atoms with Gasteiger partial charge in [0.2, 0.25) is 5.91 Å². The van der Waals surface area contributed by atoms with Crippen LogP contribution in [-0.2, 0) is 22.4 Å². The molecule has 2 rings (SSSR count). The first-order valence-corrected chi connectivity index (χ1v) is 7.92. The Morgan fingerprint density at radius 3 is 2.42 bits per heavy atom. The van der Waals surface area contributed by atoms with Crippen LogP contribution in [0.3, 0.4) is 0 Å². The molecule has 2 amide bonds. The Labute approximate surface area is 142 Å². The summed E-state index contributed by atoms with van der Waals surface area (Å²) in [5.74, 6) is 0.413. The summed E-state index contributed by atoms with van der Waals surface area (Å²) in [5, 5.41) is 5.35. The normalized spacial score (nSPS) is 10.1. The Bertz CT molecular complexity index is 696. The Hall–Kier alpha value is -2.82. The van der Waals surface area contributed by atoms with Crippen LogP contribution in [0.15, 0.2) is 48.5 Å². The molecule has 0 heterocycles. The van der Waals surface area contributed by atoms with Crippen LogP contribution in [0.5, 0.6) is 5.75 Å². The quantitative estimate of drug-likeness (QED) is 0.822. The number of hydrogen-bond acceptors (Lipinski definition) is 3. The summed E-state index contributed by atoms with van der Waals surface area (Å²) in [7, 11) is 1.60. The van der Waals surface area contributed by atoms with Crippen molar-refractivity contribution in [3.63, 3.8) is 0 Å². The van der Waals surface area contributed by atoms with E-state index in [2.05, 4.69) is 17.6 Å². The average molecular weight is 326 g/mol. The number of likely N-dealkylation sites (N-methyl/N-ethyl adjacent to an activating group) is 1. The Balaban J connectivity index is 1.84. The van der Waals surface area contributed by atoms with E-state index in [9.17, 15) is 9.59 Å². The van der Waals surface area contributed by atoms with E-state index in [1.165, 1.54) is 5.56 Å². The third-order valence-corrected chi connectivity index (χ3v) is 3.56. The SMILES string of the molecule is CCc1cccc(OCC(=O)Nc2ccc(CC(=O)NC)cc2)c1. The monoisotopic (exact) mass is 326 g/mol. The number of hydrogen-bond donors (Lipinski definition) is 2. The van der Waals surface area contributed by atoms with Crippen LogP contribution in [0.25, 0.3) is 0 Å². The molecular formula is C19H22N2O3. The second kappa shape index (κ2) is 8.72. The Morgan fingerprint density at radius 1 is 1.00 bits per heavy atom. The molecule has 5 heteroatoms. The predicted octanol–water partition coefficient (Wildman–Crippen LogP) is 2.56. The summed E-state index contributed by atoms with van der Waals surface area (Å²) in [5.41, 5.74) is 2.73. The number of anilines is 1. The maximum Gasteiger partial charge on any atom is 0.262 e. The number of aryl methyl sites for hydroxylation is 1. The topological polar surface area (TPSA) is 67.4 Å². The fourth-order valence-corrected chi connectivity index (χ4v) is 2.18. The van der Waals surface area contributed by atoms with Crippen molar-refractivity contribution in [2.24, 2.45) is 0 Å². The Kier molecular flexibility index (Phi) is 6.37. The van der Waals surface area contributed by atoms with Gasteiger partial charge in [0.25, 0.3) is 5.91 Å². The van der Waals surface area contributed by atoms with Crippen molar-refractivity contribution in [1.82, 2.24) is 5.32 Å². The lowest BCUT2D eigenvalue weighted by Crippen LogP contribution is -2.21. The number of nitrogens with one attached hydrogen (secondary N) is 2. The first kappa shape index (κ1) is 17.5. The largest absolute Gasteiger partial charge is 0.484 e. The van der Waals surface area contributed by atoms with Crippen LogP contribution in [0, 0.1) is 0 Å². The smallest absolute Gasteiger partial charge is 0.262 e. The van der Waals surface area contributed by atoms with Gasteiger partial charge in [-0.15, -0.1) is 0 Å². The molecule has 0 spiro atoms. The third-order valence-electron chi connectivity index (χ3n) is 3.56. The molecule has 0 unspecified atom stereocenters. The van der Waals surface area contributed by atoms with Crippen molar-refractivity contribution >= 4 is 17.5 Å². The number of amides is 2. The molecule has 0 bridgehead atoms. The summed E-state index contributed by atoms with van der Waals surface area (Å²) < 4.78 is 5.51. The summed E-state index contributed by atoms with van der Waals surface area (Å²) in [6.45, 7) is 2.02. The second-order valence-corrected chi connectivity index (χ2v) is 5.38. The first-order chi connectivity index (χ1) is 11.6. The predicted molar refractivity (Wildman–Crippen MR) is 94.2 cm³/mol. The van der Waals surface area contributed by atoms with Gasteiger partial charge in [0.05, 0.1) is 6.42 Å². The zero-order chi connectivity index (χ0) is 17.4. The highest BCUT2D eigenvalue weighted by molar-refractivity contribution is 5.92. The third kappa shape index (κ3) is 5.43. The lowest BCUT2D eigenvalue weighted by molar-refractivity contribution is -0.120. The van der Waals surface area contributed by atoms with Crippen molar-refractivity contribution in [2.75, 3.05) is 19.0 Å². The Morgan fingerprint density at radius 2 is 1.75 bits per heavy atom. The van der Waals surface area contributed by atoms with Crippen molar-refractivity contribution in [1.29, 1.82) is 0 Å². The highest BCUT2D eigenvalue weighted by Gasteiger charge is 2.05. The van der Waals surface area contributed by atoms with Gasteiger partial charge in [0.1, 0.15) is 5.75 Å². The van der Waals surface area contributed by atoms with Gasteiger partial charge in [-0.05, 0) is 41.8 Å². The molecule has 0 atom stereocenters. The van der Waals surface area contributed by atoms with Crippen molar-refractivity contribution in [3.8, 4) is 5.75 Å². The molecule has 0 saturated carbocycles. The van der Waals surface area contributed by atoms with Crippen molar-refractivity contribution in [2.45, 2.75) is 19.8 Å². The van der Waals surface area contributed by atoms with Crippen LogP contribution in [0.4, 0.5) is 5.69 Å². The number of rotatable bonds is 7. The minimum absolute atomic E-state index is 0.0468. The van der Waals surface area contributed by atoms with Crippen LogP contribution in [-0.4, -0.2) is 25.5 Å². The molecule has 0 saturated heterocycles. The average Bonchev–Trinajstić information content (AvgIpc) is 2.61. The van der Waals surface area contributed by atoms with Gasteiger partial charge in [-0.1, -0.05) is 31.2 Å². The molecule has 24 heavy (non-hydrogen) atoms. The van der Waals surface area contributed by atoms with Crippen LogP contribution in [0.2, 0.25) is 0 Å². The molecule has 0 radical (unpaired) electrons. The summed E-state index contributed by atoms with van der Waals surface area (Å²) in [6, 6.07) is 14.9. The summed E-state index contributed by atoms with van der Waals surface area (Å²) in [4.78, 5) is 23.3. The van der Waals surface area contributed by atoms with Gasteiger partial charge in [-0.2, -0.15) is 0 Å². The zero-order valence-electron chi connectivity index (χ0n) is 14.0. The second-order valence-electron chi connectivity index (χ2n) is 5.38. The number of carbonyl (C=O) groups is 2. The van der Waals surface area contributed by atoms with E-state index in [0.717, 1.165) is 12.0 Å². The maximum absolute atomic E-state index is 11.9. The van der Waals surface area contributed by atoms with Crippen molar-refractivity contribution in [3.05, 3.63) is 59.7 Å². The molecule has 5 nitrogen and oxygen atoms in total. The summed E-state index contributed by atoms with van der Waals surface area (Å²) >= 11 is 0. The van der Waals surface area contributed by atoms with Gasteiger partial charge >= 0.3 is 0 Å². The standard InChI is InChI=1S/C19H22N2O3/c1-3-14-5-4-6-17(11-14)24-13-19(23)21-16-9-7-15(8-10-16)12-18(22)20-2/h4-11H,3,12-13H2,1-2H3,(H,20,22)(H,21,23). The summed E-state index contributed by atoms with van der Waals surface area (Å²) in [6.07, 6.45) is 1.24. The van der Waals surface area contributed by atoms with Gasteiger partial charge < -0.3 is 15.4 Å². The van der Waals surface area contributed by atoms with E-state index in [4.69, 9.17) is 4.74 Å². The van der Waals surface area contributed by atoms with E-state index >= 15 is 0 Å². The molecule has 0 aromatic heterocycles. The number of carbonyl (C=O) groups excluding carboxylic acids is 2. The van der Waals surface area contributed by atoms with Gasteiger partial charge in [-0.25, -0.2) is 0 Å². The minimum atomic E-state index is -0.226. The lowest BCUT2D eigenvalue weighted by atomic mass is 10.1. The molecular weight excluding hydrogens is 304 g/mol. The van der Waals surface area contributed by atoms with E-state index in [1.54, 1.807) is 19.2 Å². The molecule has 0 aliphatic rings. The highest BCUT2D eigenvalue weighted by Crippen LogP contribution is 2.14. The molecule has 0 aliphatic heterocycles. The van der Waals surface area contributed by atoms with Crippen molar-refractivity contribution < 1.29 is 14.3 Å². The molecule has 0 aliphatic carbocycles. The highest BCUT2D eigenvalue weighted by atomic mass is 16.5. The molecule has 2 N–H and O–H groups in total. The van der Waals surface area contributed by atoms with Crippen LogP contribution in [0.1, 0.15) is 18.1 Å². The molecule has 0 fully saturated rings. The fraction of sp³-hybridized carbons (Fsp3) is 0.263. The lowest BCUT2D eigenvalue weighted by Gasteiger charge is -2.09. The van der Waals surface area contributed by atoms with E-state index in [0.29, 0.717) is 17.9 Å². The van der Waals surface area contributed by atoms with E-state index < -0.39 is 0 Å². The number of ether oxygens (including phenoxy) is 1. The van der Waals surface area contributed by atoms with E-state index in [1.807, 2.05) is 36.4 Å².